The van der Waals surface area contributed by atoms with Gasteiger partial charge in [0.25, 0.3) is 0 Å². The lowest BCUT2D eigenvalue weighted by Crippen LogP contribution is -2.45. The third-order valence-corrected chi connectivity index (χ3v) is 6.61. The number of methoxy groups -OCH3 is 1. The molecule has 0 heterocycles. The Balaban J connectivity index is 1.93. The maximum atomic E-state index is 13.2. The van der Waals surface area contributed by atoms with E-state index in [1.54, 1.807) is 24.3 Å². The van der Waals surface area contributed by atoms with E-state index in [-0.39, 0.29) is 22.1 Å². The maximum absolute atomic E-state index is 13.2. The summed E-state index contributed by atoms with van der Waals surface area (Å²) in [6.45, 7) is 0. The van der Waals surface area contributed by atoms with Crippen molar-refractivity contribution in [2.45, 2.75) is 17.4 Å². The van der Waals surface area contributed by atoms with Crippen LogP contribution in [0.15, 0.2) is 71.6 Å². The zero-order valence-electron chi connectivity index (χ0n) is 16.8. The summed E-state index contributed by atoms with van der Waals surface area (Å²) in [5, 5.41) is 3.54. The number of hydrogen-bond acceptors (Lipinski definition) is 4. The van der Waals surface area contributed by atoms with Gasteiger partial charge in [0.15, 0.2) is 0 Å². The topological polar surface area (TPSA) is 84.5 Å². The van der Waals surface area contributed by atoms with Crippen LogP contribution in [0.25, 0.3) is 0 Å². The second-order valence-corrected chi connectivity index (χ2v) is 9.80. The number of nitrogens with one attached hydrogen (secondary N) is 2. The molecule has 1 amide bonds. The molecule has 0 saturated heterocycles. The third kappa shape index (κ3) is 6.37. The summed E-state index contributed by atoms with van der Waals surface area (Å²) in [5.74, 6) is -0.487. The number of hydrogen-bond donors (Lipinski definition) is 2. The molecule has 0 radical (unpaired) electrons. The largest absolute Gasteiger partial charge is 0.495 e. The van der Waals surface area contributed by atoms with Crippen molar-refractivity contribution in [1.29, 1.82) is 0 Å². The second-order valence-electron chi connectivity index (χ2n) is 6.81. The van der Waals surface area contributed by atoms with Gasteiger partial charge in [0.05, 0.1) is 7.11 Å². The SMILES string of the molecule is COc1ccc(Cl)cc1S(=O)(=O)N[C@H](Cc1ccccc1)C(=O)Nc1cc(Cl)cc(Cl)c1. The molecule has 3 aromatic rings. The molecular weight excluding hydrogens is 495 g/mol. The molecule has 0 saturated carbocycles. The monoisotopic (exact) mass is 512 g/mol. The van der Waals surface area contributed by atoms with Crippen LogP contribution < -0.4 is 14.8 Å². The lowest BCUT2D eigenvalue weighted by atomic mass is 10.1. The quantitative estimate of drug-likeness (QED) is 0.434. The molecule has 1 atom stereocenters. The Morgan fingerprint density at radius 2 is 1.59 bits per heavy atom. The first-order valence-electron chi connectivity index (χ1n) is 9.34. The highest BCUT2D eigenvalue weighted by Gasteiger charge is 2.28. The van der Waals surface area contributed by atoms with Gasteiger partial charge >= 0.3 is 0 Å². The number of halogens is 3. The van der Waals surface area contributed by atoms with E-state index in [2.05, 4.69) is 10.0 Å². The van der Waals surface area contributed by atoms with Gasteiger partial charge in [-0.3, -0.25) is 4.79 Å². The normalized spacial score (nSPS) is 12.2. The van der Waals surface area contributed by atoms with E-state index in [0.717, 1.165) is 5.56 Å². The van der Waals surface area contributed by atoms with Gasteiger partial charge in [0, 0.05) is 20.8 Å². The van der Waals surface area contributed by atoms with Crippen molar-refractivity contribution in [2.75, 3.05) is 12.4 Å². The number of ether oxygens (including phenoxy) is 1. The van der Waals surface area contributed by atoms with Gasteiger partial charge in [0.1, 0.15) is 16.7 Å². The van der Waals surface area contributed by atoms with Gasteiger partial charge in [-0.1, -0.05) is 65.1 Å². The van der Waals surface area contributed by atoms with Crippen LogP contribution in [0.3, 0.4) is 0 Å². The first-order valence-corrected chi connectivity index (χ1v) is 12.0. The Hall–Kier alpha value is -2.29. The van der Waals surface area contributed by atoms with Crippen LogP contribution in [0, 0.1) is 0 Å². The Morgan fingerprint density at radius 3 is 2.22 bits per heavy atom. The van der Waals surface area contributed by atoms with Gasteiger partial charge in [-0.15, -0.1) is 0 Å². The fourth-order valence-electron chi connectivity index (χ4n) is 3.00. The van der Waals surface area contributed by atoms with Crippen molar-refractivity contribution in [2.24, 2.45) is 0 Å². The minimum Gasteiger partial charge on any atom is -0.495 e. The van der Waals surface area contributed by atoms with Crippen LogP contribution >= 0.6 is 34.8 Å². The lowest BCUT2D eigenvalue weighted by Gasteiger charge is -2.20. The molecule has 10 heteroatoms. The minimum atomic E-state index is -4.17. The average molecular weight is 514 g/mol. The van der Waals surface area contributed by atoms with Crippen molar-refractivity contribution in [3.05, 3.63) is 87.4 Å². The third-order valence-electron chi connectivity index (χ3n) is 4.44. The van der Waals surface area contributed by atoms with Crippen molar-refractivity contribution in [3.8, 4) is 5.75 Å². The molecule has 0 aliphatic carbocycles. The fourth-order valence-corrected chi connectivity index (χ4v) is 5.16. The molecule has 0 fully saturated rings. The summed E-state index contributed by atoms with van der Waals surface area (Å²) < 4.78 is 33.9. The predicted octanol–water partition coefficient (Wildman–Crippen LogP) is 5.18. The Labute approximate surface area is 201 Å². The highest BCUT2D eigenvalue weighted by atomic mass is 35.5. The zero-order valence-corrected chi connectivity index (χ0v) is 19.9. The molecule has 0 aromatic heterocycles. The number of benzene rings is 3. The van der Waals surface area contributed by atoms with Gasteiger partial charge in [-0.2, -0.15) is 4.72 Å². The van der Waals surface area contributed by atoms with Crippen LogP contribution in [-0.4, -0.2) is 27.5 Å². The standard InChI is InChI=1S/C22H19Cl3N2O4S/c1-31-20-8-7-15(23)13-21(20)32(29,30)27-19(9-14-5-3-2-4-6-14)22(28)26-18-11-16(24)10-17(25)12-18/h2-8,10-13,19,27H,9H2,1H3,(H,26,28)/t19-/m1/s1. The lowest BCUT2D eigenvalue weighted by molar-refractivity contribution is -0.117. The zero-order chi connectivity index (χ0) is 23.3. The Morgan fingerprint density at radius 1 is 0.938 bits per heavy atom. The van der Waals surface area contributed by atoms with Gasteiger partial charge in [0.2, 0.25) is 15.9 Å². The number of carbonyl (C=O) groups is 1. The fraction of sp³-hybridized carbons (Fsp3) is 0.136. The van der Waals surface area contributed by atoms with E-state index in [4.69, 9.17) is 39.5 Å². The predicted molar refractivity (Wildman–Crippen MR) is 127 cm³/mol. The van der Waals surface area contributed by atoms with E-state index in [9.17, 15) is 13.2 Å². The molecule has 32 heavy (non-hydrogen) atoms. The van der Waals surface area contributed by atoms with E-state index in [0.29, 0.717) is 15.7 Å². The Kier molecular flexibility index (Phi) is 8.03. The van der Waals surface area contributed by atoms with Crippen molar-refractivity contribution < 1.29 is 17.9 Å². The maximum Gasteiger partial charge on any atom is 0.245 e. The van der Waals surface area contributed by atoms with Crippen molar-refractivity contribution >= 4 is 56.4 Å². The first-order chi connectivity index (χ1) is 15.2. The Bertz CT molecular complexity index is 1200. The highest BCUT2D eigenvalue weighted by Crippen LogP contribution is 2.28. The first kappa shape index (κ1) is 24.4. The molecule has 3 rings (SSSR count). The molecule has 2 N–H and O–H groups in total. The highest BCUT2D eigenvalue weighted by molar-refractivity contribution is 7.89. The van der Waals surface area contributed by atoms with E-state index in [1.807, 2.05) is 6.07 Å². The minimum absolute atomic E-state index is 0.0994. The summed E-state index contributed by atoms with van der Waals surface area (Å²) in [6.07, 6.45) is 0.100. The molecule has 0 spiro atoms. The molecule has 0 aliphatic rings. The molecule has 168 valence electrons. The van der Waals surface area contributed by atoms with Crippen LogP contribution in [0.2, 0.25) is 15.1 Å². The summed E-state index contributed by atoms with van der Waals surface area (Å²) in [5.41, 5.74) is 1.10. The number of carbonyl (C=O) groups excluding carboxylic acids is 1. The summed E-state index contributed by atoms with van der Waals surface area (Å²) in [4.78, 5) is 12.9. The van der Waals surface area contributed by atoms with Gasteiger partial charge < -0.3 is 10.1 Å². The van der Waals surface area contributed by atoms with Gasteiger partial charge in [-0.05, 0) is 48.4 Å². The number of amides is 1. The van der Waals surface area contributed by atoms with Crippen LogP contribution in [0.4, 0.5) is 5.69 Å². The van der Waals surface area contributed by atoms with Crippen LogP contribution in [0.1, 0.15) is 5.56 Å². The summed E-state index contributed by atoms with van der Waals surface area (Å²) >= 11 is 18.0. The number of anilines is 1. The van der Waals surface area contributed by atoms with E-state index < -0.39 is 22.0 Å². The van der Waals surface area contributed by atoms with Crippen LogP contribution in [-0.2, 0) is 21.2 Å². The molecule has 3 aromatic carbocycles. The molecule has 0 aliphatic heterocycles. The van der Waals surface area contributed by atoms with E-state index >= 15 is 0 Å². The summed E-state index contributed by atoms with van der Waals surface area (Å²) in [6, 6.07) is 16.6. The van der Waals surface area contributed by atoms with Crippen molar-refractivity contribution in [1.82, 2.24) is 4.72 Å². The molecular formula is C22H19Cl3N2O4S. The number of rotatable bonds is 8. The van der Waals surface area contributed by atoms with Gasteiger partial charge in [-0.25, -0.2) is 8.42 Å². The smallest absolute Gasteiger partial charge is 0.245 e. The molecule has 0 unspecified atom stereocenters. The van der Waals surface area contributed by atoms with Crippen LogP contribution in [0.5, 0.6) is 5.75 Å². The molecule has 6 nitrogen and oxygen atoms in total. The second kappa shape index (κ2) is 10.6. The molecule has 0 bridgehead atoms. The summed E-state index contributed by atoms with van der Waals surface area (Å²) in [7, 11) is -2.82. The average Bonchev–Trinajstić information content (AvgIpc) is 2.73. The number of sulfonamides is 1. The van der Waals surface area contributed by atoms with Crippen molar-refractivity contribution in [3.63, 3.8) is 0 Å². The van der Waals surface area contributed by atoms with E-state index in [1.165, 1.54) is 43.5 Å².